The number of rotatable bonds is 4. The van der Waals surface area contributed by atoms with Crippen molar-refractivity contribution >= 4 is 9.03 Å². The average Bonchev–Trinajstić information content (AvgIpc) is 1.69. The molecule has 0 aliphatic carbocycles. The number of hydrogen-bond acceptors (Lipinski definition) is 4. The second kappa shape index (κ2) is 6.27. The Bertz CT molecular complexity index is 28.9. The molecule has 4 nitrogen and oxygen atoms in total. The van der Waals surface area contributed by atoms with Gasteiger partial charge in [-0.05, 0) is 6.92 Å². The van der Waals surface area contributed by atoms with Gasteiger partial charge in [0.2, 0.25) is 0 Å². The third kappa shape index (κ3) is 6.27. The molecule has 0 saturated heterocycles. The summed E-state index contributed by atoms with van der Waals surface area (Å²) in [6.45, 7) is 2.15. The lowest BCUT2D eigenvalue weighted by Crippen LogP contribution is -1.87. The molecular formula is C2H7O4P. The smallest absolute Gasteiger partial charge is 0.195 e. The molecule has 0 saturated carbocycles. The summed E-state index contributed by atoms with van der Waals surface area (Å²) in [6.07, 6.45) is 0. The standard InChI is InChI=1S/C2H7O4P/c1-2-4-5-6-7-3/h3,7H,2H2,1H3. The van der Waals surface area contributed by atoms with Gasteiger partial charge in [-0.15, -0.1) is 0 Å². The minimum Gasteiger partial charge on any atom is -0.350 e. The Hall–Kier alpha value is 0.270. The highest BCUT2D eigenvalue weighted by Crippen LogP contribution is 2.02. The van der Waals surface area contributed by atoms with Crippen molar-refractivity contribution in [3.05, 3.63) is 0 Å². The van der Waals surface area contributed by atoms with Gasteiger partial charge in [-0.1, -0.05) is 5.04 Å². The van der Waals surface area contributed by atoms with Crippen LogP contribution in [0.4, 0.5) is 0 Å². The Balaban J connectivity index is 2.45. The van der Waals surface area contributed by atoms with Crippen LogP contribution >= 0.6 is 9.03 Å². The molecule has 0 spiro atoms. The Kier molecular flexibility index (Phi) is 6.51. The third-order valence-electron chi connectivity index (χ3n) is 0.237. The van der Waals surface area contributed by atoms with Gasteiger partial charge >= 0.3 is 0 Å². The zero-order valence-electron chi connectivity index (χ0n) is 3.88. The minimum absolute atomic E-state index is 0.407. The van der Waals surface area contributed by atoms with E-state index >= 15 is 0 Å². The van der Waals surface area contributed by atoms with Crippen molar-refractivity contribution in [2.24, 2.45) is 0 Å². The van der Waals surface area contributed by atoms with Crippen LogP contribution in [0.15, 0.2) is 0 Å². The van der Waals surface area contributed by atoms with Gasteiger partial charge in [0.05, 0.1) is 6.61 Å². The van der Waals surface area contributed by atoms with Crippen LogP contribution in [0.3, 0.4) is 0 Å². The first-order valence-electron chi connectivity index (χ1n) is 1.76. The summed E-state index contributed by atoms with van der Waals surface area (Å²) >= 11 is 0. The van der Waals surface area contributed by atoms with E-state index in [1.807, 2.05) is 0 Å². The van der Waals surface area contributed by atoms with E-state index in [1.54, 1.807) is 6.92 Å². The van der Waals surface area contributed by atoms with Crippen LogP contribution < -0.4 is 0 Å². The van der Waals surface area contributed by atoms with E-state index in [0.717, 1.165) is 0 Å². The van der Waals surface area contributed by atoms with Gasteiger partial charge in [0.1, 0.15) is 0 Å². The Morgan fingerprint density at radius 2 is 2.43 bits per heavy atom. The SMILES string of the molecule is CCOOOPO. The monoisotopic (exact) mass is 126 g/mol. The fourth-order valence-electron chi connectivity index (χ4n) is 0.0874. The third-order valence-corrected chi connectivity index (χ3v) is 0.380. The van der Waals surface area contributed by atoms with Crippen LogP contribution in [0, 0.1) is 0 Å². The molecule has 0 radical (unpaired) electrons. The molecule has 1 unspecified atom stereocenters. The first kappa shape index (κ1) is 7.27. The Labute approximate surface area is 43.2 Å². The molecule has 5 heteroatoms. The normalized spacial score (nSPS) is 11.1. The Morgan fingerprint density at radius 1 is 1.71 bits per heavy atom. The summed E-state index contributed by atoms with van der Waals surface area (Å²) in [6, 6.07) is 0. The van der Waals surface area contributed by atoms with Gasteiger partial charge in [-0.25, -0.2) is 4.89 Å². The molecule has 7 heavy (non-hydrogen) atoms. The van der Waals surface area contributed by atoms with Gasteiger partial charge in [0.15, 0.2) is 9.03 Å². The number of hydrogen-bond donors (Lipinski definition) is 1. The fraction of sp³-hybridized carbons (Fsp3) is 1.00. The molecule has 0 aromatic rings. The minimum atomic E-state index is -0.680. The van der Waals surface area contributed by atoms with Gasteiger partial charge in [0, 0.05) is 0 Å². The molecule has 44 valence electrons. The van der Waals surface area contributed by atoms with Gasteiger partial charge in [0.25, 0.3) is 0 Å². The van der Waals surface area contributed by atoms with E-state index in [2.05, 4.69) is 14.6 Å². The molecule has 0 aliphatic rings. The molecule has 0 heterocycles. The molecule has 1 atom stereocenters. The van der Waals surface area contributed by atoms with Crippen LogP contribution in [-0.2, 0) is 14.6 Å². The largest absolute Gasteiger partial charge is 0.350 e. The average molecular weight is 126 g/mol. The van der Waals surface area contributed by atoms with Crippen LogP contribution in [0.25, 0.3) is 0 Å². The molecule has 0 aliphatic heterocycles. The lowest BCUT2D eigenvalue weighted by Gasteiger charge is -1.93. The van der Waals surface area contributed by atoms with Gasteiger partial charge in [-0.3, -0.25) is 0 Å². The maximum absolute atomic E-state index is 7.89. The van der Waals surface area contributed by atoms with Crippen LogP contribution in [0.5, 0.6) is 0 Å². The van der Waals surface area contributed by atoms with Crippen molar-refractivity contribution in [3.8, 4) is 0 Å². The summed E-state index contributed by atoms with van der Waals surface area (Å²) < 4.78 is 3.94. The molecule has 1 N–H and O–H groups in total. The summed E-state index contributed by atoms with van der Waals surface area (Å²) in [5.74, 6) is 0. The topological polar surface area (TPSA) is 47.9 Å². The lowest BCUT2D eigenvalue weighted by atomic mass is 10.9. The van der Waals surface area contributed by atoms with Crippen molar-refractivity contribution in [1.29, 1.82) is 0 Å². The molecular weight excluding hydrogens is 119 g/mol. The highest BCUT2D eigenvalue weighted by atomic mass is 31.1. The zero-order chi connectivity index (χ0) is 5.54. The van der Waals surface area contributed by atoms with Crippen molar-refractivity contribution in [2.45, 2.75) is 6.92 Å². The molecule has 0 aromatic carbocycles. The van der Waals surface area contributed by atoms with E-state index in [9.17, 15) is 0 Å². The van der Waals surface area contributed by atoms with Crippen molar-refractivity contribution in [1.82, 2.24) is 0 Å². The van der Waals surface area contributed by atoms with Crippen LogP contribution in [0.1, 0.15) is 6.92 Å². The first-order valence-corrected chi connectivity index (χ1v) is 2.61. The van der Waals surface area contributed by atoms with E-state index in [0.29, 0.717) is 6.61 Å². The maximum atomic E-state index is 7.89. The zero-order valence-corrected chi connectivity index (χ0v) is 4.88. The fourth-order valence-corrected chi connectivity index (χ4v) is 0.166. The van der Waals surface area contributed by atoms with Gasteiger partial charge < -0.3 is 4.89 Å². The first-order chi connectivity index (χ1) is 3.41. The molecule has 0 bridgehead atoms. The molecule has 0 aromatic heterocycles. The van der Waals surface area contributed by atoms with Gasteiger partial charge in [-0.2, -0.15) is 4.67 Å². The summed E-state index contributed by atoms with van der Waals surface area (Å²) in [5, 5.41) is 3.89. The van der Waals surface area contributed by atoms with E-state index in [4.69, 9.17) is 4.89 Å². The molecule has 0 amide bonds. The quantitative estimate of drug-likeness (QED) is 0.256. The maximum Gasteiger partial charge on any atom is 0.195 e. The van der Waals surface area contributed by atoms with Crippen molar-refractivity contribution < 1.29 is 19.5 Å². The van der Waals surface area contributed by atoms with Crippen molar-refractivity contribution in [3.63, 3.8) is 0 Å². The van der Waals surface area contributed by atoms with Crippen LogP contribution in [-0.4, -0.2) is 11.5 Å². The van der Waals surface area contributed by atoms with Crippen LogP contribution in [0.2, 0.25) is 0 Å². The summed E-state index contributed by atoms with van der Waals surface area (Å²) in [7, 11) is -0.680. The predicted molar refractivity (Wildman–Crippen MR) is 24.3 cm³/mol. The van der Waals surface area contributed by atoms with Crippen molar-refractivity contribution in [2.75, 3.05) is 6.61 Å². The summed E-state index contributed by atoms with van der Waals surface area (Å²) in [5.41, 5.74) is 0. The molecule has 0 fully saturated rings. The van der Waals surface area contributed by atoms with E-state index in [1.165, 1.54) is 0 Å². The summed E-state index contributed by atoms with van der Waals surface area (Å²) in [4.78, 5) is 12.1. The predicted octanol–water partition coefficient (Wildman–Crippen LogP) is 0.387. The van der Waals surface area contributed by atoms with E-state index in [-0.39, 0.29) is 0 Å². The molecule has 0 rings (SSSR count). The lowest BCUT2D eigenvalue weighted by molar-refractivity contribution is -0.463. The highest BCUT2D eigenvalue weighted by molar-refractivity contribution is 7.24. The second-order valence-corrected chi connectivity index (χ2v) is 0.998. The second-order valence-electron chi connectivity index (χ2n) is 0.649. The highest BCUT2D eigenvalue weighted by Gasteiger charge is 1.79. The van der Waals surface area contributed by atoms with E-state index < -0.39 is 9.03 Å². The Morgan fingerprint density at radius 3 is 2.86 bits per heavy atom.